The van der Waals surface area contributed by atoms with E-state index in [1.807, 2.05) is 47.1 Å². The minimum absolute atomic E-state index is 0.0177. The van der Waals surface area contributed by atoms with Crippen LogP contribution < -0.4 is 11.0 Å². The number of rotatable bonds is 2. The van der Waals surface area contributed by atoms with Crippen LogP contribution in [0.2, 0.25) is 0 Å². The largest absolute Gasteiger partial charge is 0.279 e. The van der Waals surface area contributed by atoms with Crippen molar-refractivity contribution in [3.63, 3.8) is 0 Å². The molecule has 0 spiro atoms. The van der Waals surface area contributed by atoms with Crippen molar-refractivity contribution in [2.24, 2.45) is 0 Å². The molecule has 0 unspecified atom stereocenters. The van der Waals surface area contributed by atoms with Crippen molar-refractivity contribution in [1.82, 2.24) is 9.36 Å². The fraction of sp³-hybridized carbons (Fsp3) is 0.316. The summed E-state index contributed by atoms with van der Waals surface area (Å²) >= 11 is 0. The van der Waals surface area contributed by atoms with Gasteiger partial charge in [-0.1, -0.05) is 55.1 Å². The Hall–Kier alpha value is -2.23. The monoisotopic (exact) mass is 302 g/mol. The number of nitrogens with zero attached hydrogens (tertiary/aromatic N) is 2. The number of fused-ring (bicyclic) bond motifs is 1. The normalized spacial score (nSPS) is 16.0. The number of para-hydroxylation sites is 1. The lowest BCUT2D eigenvalue weighted by Gasteiger charge is -2.26. The highest BCUT2D eigenvalue weighted by Crippen LogP contribution is 2.31. The maximum atomic E-state index is 13.0. The van der Waals surface area contributed by atoms with Gasteiger partial charge in [0.25, 0.3) is 5.56 Å². The van der Waals surface area contributed by atoms with Gasteiger partial charge in [0.1, 0.15) is 7.85 Å². The smallest absolute Gasteiger partial charge is 0.274 e. The first kappa shape index (κ1) is 14.4. The molecule has 0 aliphatic heterocycles. The Morgan fingerprint density at radius 3 is 2.43 bits per heavy atom. The molecule has 0 bridgehead atoms. The molecule has 2 radical (unpaired) electrons. The predicted molar refractivity (Wildman–Crippen MR) is 95.0 cm³/mol. The fourth-order valence-electron chi connectivity index (χ4n) is 3.74. The van der Waals surface area contributed by atoms with E-state index in [1.165, 1.54) is 19.3 Å². The highest BCUT2D eigenvalue weighted by Gasteiger charge is 2.23. The standard InChI is InChI=1S/C19H19BN2O/c20-14-11-12-18-17(13-14)19(23)22(16-9-5-2-6-10-16)21(18)15-7-3-1-4-8-15/h2,5-6,9-13,15H,1,3-4,7-8H2. The van der Waals surface area contributed by atoms with Crippen LogP contribution in [0.4, 0.5) is 0 Å². The van der Waals surface area contributed by atoms with Gasteiger partial charge in [0.2, 0.25) is 0 Å². The summed E-state index contributed by atoms with van der Waals surface area (Å²) in [5.74, 6) is 0. The second kappa shape index (κ2) is 5.76. The SMILES string of the molecule is [B]c1ccc2c(c1)c(=O)n(-c1ccccc1)n2C1CCCCC1. The third-order valence-electron chi connectivity index (χ3n) is 4.83. The van der Waals surface area contributed by atoms with Crippen LogP contribution in [-0.4, -0.2) is 17.2 Å². The Morgan fingerprint density at radius 1 is 0.957 bits per heavy atom. The molecule has 114 valence electrons. The number of hydrogen-bond acceptors (Lipinski definition) is 1. The quantitative estimate of drug-likeness (QED) is 0.668. The zero-order valence-electron chi connectivity index (χ0n) is 13.1. The van der Waals surface area contributed by atoms with Gasteiger partial charge in [-0.2, -0.15) is 0 Å². The van der Waals surface area contributed by atoms with Crippen molar-refractivity contribution < 1.29 is 0 Å². The topological polar surface area (TPSA) is 26.9 Å². The highest BCUT2D eigenvalue weighted by atomic mass is 16.1. The molecule has 1 aromatic heterocycles. The molecule has 1 aliphatic carbocycles. The summed E-state index contributed by atoms with van der Waals surface area (Å²) in [6.07, 6.45) is 5.99. The average molecular weight is 302 g/mol. The summed E-state index contributed by atoms with van der Waals surface area (Å²) in [4.78, 5) is 13.0. The van der Waals surface area contributed by atoms with Gasteiger partial charge in [0, 0.05) is 0 Å². The molecule has 0 saturated heterocycles. The van der Waals surface area contributed by atoms with Crippen LogP contribution in [0, 0.1) is 0 Å². The summed E-state index contributed by atoms with van der Waals surface area (Å²) in [5, 5.41) is 0.708. The molecule has 0 amide bonds. The van der Waals surface area contributed by atoms with E-state index in [-0.39, 0.29) is 5.56 Å². The molecule has 0 atom stereocenters. The van der Waals surface area contributed by atoms with E-state index < -0.39 is 0 Å². The van der Waals surface area contributed by atoms with Crippen molar-refractivity contribution in [3.05, 3.63) is 58.9 Å². The Bertz CT molecular complexity index is 889. The van der Waals surface area contributed by atoms with Crippen LogP contribution in [0.25, 0.3) is 16.6 Å². The first-order valence-corrected chi connectivity index (χ1v) is 8.34. The van der Waals surface area contributed by atoms with Crippen LogP contribution in [0.15, 0.2) is 53.3 Å². The Labute approximate surface area is 136 Å². The minimum atomic E-state index is 0.0177. The van der Waals surface area contributed by atoms with Crippen molar-refractivity contribution in [3.8, 4) is 5.69 Å². The van der Waals surface area contributed by atoms with E-state index in [4.69, 9.17) is 7.85 Å². The number of benzene rings is 2. The molecule has 1 aliphatic rings. The van der Waals surface area contributed by atoms with E-state index in [0.29, 0.717) is 16.9 Å². The Kier molecular flexibility index (Phi) is 3.60. The van der Waals surface area contributed by atoms with Crippen molar-refractivity contribution in [2.45, 2.75) is 38.1 Å². The molecule has 3 nitrogen and oxygen atoms in total. The maximum absolute atomic E-state index is 13.0. The van der Waals surface area contributed by atoms with Gasteiger partial charge in [0.05, 0.1) is 22.6 Å². The van der Waals surface area contributed by atoms with Crippen LogP contribution in [0.1, 0.15) is 38.1 Å². The molecule has 2 aromatic carbocycles. The Balaban J connectivity index is 2.03. The second-order valence-electron chi connectivity index (χ2n) is 6.37. The van der Waals surface area contributed by atoms with E-state index >= 15 is 0 Å². The zero-order valence-corrected chi connectivity index (χ0v) is 13.1. The molecule has 3 aromatic rings. The summed E-state index contributed by atoms with van der Waals surface area (Å²) < 4.78 is 4.03. The molecule has 0 N–H and O–H groups in total. The predicted octanol–water partition coefficient (Wildman–Crippen LogP) is 3.09. The second-order valence-corrected chi connectivity index (χ2v) is 6.37. The Morgan fingerprint density at radius 2 is 1.70 bits per heavy atom. The number of hydrogen-bond donors (Lipinski definition) is 0. The van der Waals surface area contributed by atoms with Crippen LogP contribution in [0.5, 0.6) is 0 Å². The van der Waals surface area contributed by atoms with Crippen LogP contribution >= 0.6 is 0 Å². The van der Waals surface area contributed by atoms with Gasteiger partial charge in [-0.15, -0.1) is 0 Å². The van der Waals surface area contributed by atoms with Crippen molar-refractivity contribution in [1.29, 1.82) is 0 Å². The summed E-state index contributed by atoms with van der Waals surface area (Å²) in [7, 11) is 5.91. The van der Waals surface area contributed by atoms with Gasteiger partial charge >= 0.3 is 0 Å². The van der Waals surface area contributed by atoms with Crippen molar-refractivity contribution in [2.75, 3.05) is 0 Å². The van der Waals surface area contributed by atoms with E-state index in [9.17, 15) is 4.79 Å². The maximum Gasteiger partial charge on any atom is 0.279 e. The third-order valence-corrected chi connectivity index (χ3v) is 4.83. The van der Waals surface area contributed by atoms with Gasteiger partial charge in [-0.3, -0.25) is 9.48 Å². The first-order chi connectivity index (χ1) is 11.3. The summed E-state index contributed by atoms with van der Waals surface area (Å²) in [5.41, 5.74) is 2.55. The van der Waals surface area contributed by atoms with Crippen LogP contribution in [-0.2, 0) is 0 Å². The van der Waals surface area contributed by atoms with Crippen molar-refractivity contribution >= 4 is 24.2 Å². The fourth-order valence-corrected chi connectivity index (χ4v) is 3.74. The lowest BCUT2D eigenvalue weighted by Crippen LogP contribution is -2.25. The van der Waals surface area contributed by atoms with E-state index in [0.717, 1.165) is 24.0 Å². The molecule has 1 heterocycles. The van der Waals surface area contributed by atoms with Crippen LogP contribution in [0.3, 0.4) is 0 Å². The van der Waals surface area contributed by atoms with Gasteiger partial charge in [0.15, 0.2) is 0 Å². The highest BCUT2D eigenvalue weighted by molar-refractivity contribution is 6.33. The number of aromatic nitrogens is 2. The molecule has 23 heavy (non-hydrogen) atoms. The average Bonchev–Trinajstić information content (AvgIpc) is 2.89. The molecule has 1 fully saturated rings. The van der Waals surface area contributed by atoms with E-state index in [2.05, 4.69) is 4.68 Å². The third kappa shape index (κ3) is 2.42. The van der Waals surface area contributed by atoms with Gasteiger partial charge in [-0.25, -0.2) is 4.68 Å². The van der Waals surface area contributed by atoms with Gasteiger partial charge in [-0.05, 0) is 31.0 Å². The van der Waals surface area contributed by atoms with E-state index in [1.54, 1.807) is 6.07 Å². The summed E-state index contributed by atoms with van der Waals surface area (Å²) in [6.45, 7) is 0. The van der Waals surface area contributed by atoms with Gasteiger partial charge < -0.3 is 0 Å². The molecule has 4 rings (SSSR count). The molecule has 1 saturated carbocycles. The molecular weight excluding hydrogens is 283 g/mol. The minimum Gasteiger partial charge on any atom is -0.274 e. The molecular formula is C19H19BN2O. The zero-order chi connectivity index (χ0) is 15.8. The summed E-state index contributed by atoms with van der Waals surface area (Å²) in [6, 6.07) is 15.9. The molecule has 4 heteroatoms. The lowest BCUT2D eigenvalue weighted by molar-refractivity contribution is 0.319. The lowest BCUT2D eigenvalue weighted by atomic mass is 9.94. The first-order valence-electron chi connectivity index (χ1n) is 8.34.